The number of nitrogens with one attached hydrogen (secondary N) is 1. The van der Waals surface area contributed by atoms with E-state index in [0.717, 1.165) is 13.0 Å². The number of hydrogen-bond donors (Lipinski definition) is 2. The summed E-state index contributed by atoms with van der Waals surface area (Å²) >= 11 is 0. The minimum atomic E-state index is -0.473. The van der Waals surface area contributed by atoms with Crippen LogP contribution in [-0.2, 0) is 9.53 Å². The Kier molecular flexibility index (Phi) is 4.70. The number of amides is 1. The largest absolute Gasteiger partial charge is 0.394 e. The van der Waals surface area contributed by atoms with Gasteiger partial charge >= 0.3 is 0 Å². The molecule has 0 aromatic rings. The number of aliphatic hydroxyl groups excluding tert-OH is 1. The van der Waals surface area contributed by atoms with Crippen molar-refractivity contribution < 1.29 is 14.6 Å². The lowest BCUT2D eigenvalue weighted by atomic mass is 9.98. The van der Waals surface area contributed by atoms with Crippen LogP contribution in [-0.4, -0.2) is 60.9 Å². The van der Waals surface area contributed by atoms with Crippen molar-refractivity contribution in [3.8, 4) is 0 Å². The number of nitrogens with zero attached hydrogens (tertiary/aromatic N) is 1. The lowest BCUT2D eigenvalue weighted by Crippen LogP contribution is -2.53. The Balaban J connectivity index is 2.79. The molecule has 2 N–H and O–H groups in total. The fourth-order valence-corrected chi connectivity index (χ4v) is 2.00. The van der Waals surface area contributed by atoms with Crippen LogP contribution in [0.3, 0.4) is 0 Å². The molecule has 0 saturated carbocycles. The summed E-state index contributed by atoms with van der Waals surface area (Å²) in [5.41, 5.74) is -0.188. The third kappa shape index (κ3) is 2.93. The number of carbonyl (C=O) groups excluding carboxylic acids is 1. The Morgan fingerprint density at radius 2 is 2.31 bits per heavy atom. The van der Waals surface area contributed by atoms with Crippen LogP contribution in [0.15, 0.2) is 0 Å². The molecule has 1 rings (SSSR count). The maximum atomic E-state index is 12.1. The van der Waals surface area contributed by atoms with Crippen molar-refractivity contribution in [2.45, 2.75) is 31.8 Å². The smallest absolute Gasteiger partial charge is 0.242 e. The van der Waals surface area contributed by atoms with Gasteiger partial charge < -0.3 is 20.1 Å². The summed E-state index contributed by atoms with van der Waals surface area (Å²) in [5.74, 6) is -0.0398. The highest BCUT2D eigenvalue weighted by atomic mass is 16.5. The lowest BCUT2D eigenvalue weighted by molar-refractivity contribution is -0.139. The normalized spacial score (nSPS) is 25.6. The lowest BCUT2D eigenvalue weighted by Gasteiger charge is -2.37. The Morgan fingerprint density at radius 3 is 2.88 bits per heavy atom. The Bertz CT molecular complexity index is 243. The van der Waals surface area contributed by atoms with Crippen LogP contribution in [0.5, 0.6) is 0 Å². The molecule has 5 nitrogen and oxygen atoms in total. The maximum Gasteiger partial charge on any atom is 0.242 e. The topological polar surface area (TPSA) is 61.8 Å². The average Bonchev–Trinajstić information content (AvgIpc) is 2.33. The van der Waals surface area contributed by atoms with Crippen molar-refractivity contribution >= 4 is 5.91 Å². The molecule has 5 heteroatoms. The van der Waals surface area contributed by atoms with Crippen LogP contribution in [0.4, 0.5) is 0 Å². The van der Waals surface area contributed by atoms with Gasteiger partial charge in [-0.3, -0.25) is 4.79 Å². The van der Waals surface area contributed by atoms with Gasteiger partial charge in [0.05, 0.1) is 13.2 Å². The van der Waals surface area contributed by atoms with Crippen LogP contribution in [0.25, 0.3) is 0 Å². The maximum absolute atomic E-state index is 12.1. The molecule has 1 saturated heterocycles. The van der Waals surface area contributed by atoms with Crippen molar-refractivity contribution in [3.05, 3.63) is 0 Å². The minimum absolute atomic E-state index is 0.0398. The van der Waals surface area contributed by atoms with Gasteiger partial charge in [0.2, 0.25) is 5.91 Å². The zero-order valence-corrected chi connectivity index (χ0v) is 10.3. The van der Waals surface area contributed by atoms with Crippen LogP contribution in [0.1, 0.15) is 20.3 Å². The number of carbonyl (C=O) groups is 1. The third-order valence-electron chi connectivity index (χ3n) is 3.12. The molecule has 94 valence electrons. The summed E-state index contributed by atoms with van der Waals surface area (Å²) in [6, 6.07) is -0.473. The van der Waals surface area contributed by atoms with E-state index in [-0.39, 0.29) is 18.1 Å². The minimum Gasteiger partial charge on any atom is -0.394 e. The Hall–Kier alpha value is -0.650. The number of rotatable bonds is 4. The number of methoxy groups -OCH3 is 1. The molecule has 1 aliphatic heterocycles. The SMILES string of the molecule is COCCN1C(=O)C(CO)NCCC1(C)C. The molecule has 0 radical (unpaired) electrons. The first-order valence-electron chi connectivity index (χ1n) is 5.67. The van der Waals surface area contributed by atoms with E-state index in [0.29, 0.717) is 13.2 Å². The molecule has 1 heterocycles. The Labute approximate surface area is 96.8 Å². The van der Waals surface area contributed by atoms with E-state index < -0.39 is 6.04 Å². The monoisotopic (exact) mass is 230 g/mol. The molecule has 0 aliphatic carbocycles. The van der Waals surface area contributed by atoms with E-state index in [1.54, 1.807) is 12.0 Å². The van der Waals surface area contributed by atoms with Crippen molar-refractivity contribution in [1.82, 2.24) is 10.2 Å². The highest BCUT2D eigenvalue weighted by molar-refractivity contribution is 5.83. The fraction of sp³-hybridized carbons (Fsp3) is 0.909. The van der Waals surface area contributed by atoms with Gasteiger partial charge in [0.15, 0.2) is 0 Å². The molecular formula is C11H22N2O3. The van der Waals surface area contributed by atoms with Crippen LogP contribution in [0.2, 0.25) is 0 Å². The van der Waals surface area contributed by atoms with E-state index in [9.17, 15) is 4.79 Å². The zero-order chi connectivity index (χ0) is 12.2. The molecule has 0 aromatic carbocycles. The van der Waals surface area contributed by atoms with Gasteiger partial charge in [0, 0.05) is 19.2 Å². The molecule has 0 spiro atoms. The van der Waals surface area contributed by atoms with Gasteiger partial charge in [0.1, 0.15) is 6.04 Å². The first kappa shape index (κ1) is 13.4. The van der Waals surface area contributed by atoms with Gasteiger partial charge in [-0.15, -0.1) is 0 Å². The number of hydrogen-bond acceptors (Lipinski definition) is 4. The van der Waals surface area contributed by atoms with E-state index in [2.05, 4.69) is 5.32 Å². The number of ether oxygens (including phenoxy) is 1. The Morgan fingerprint density at radius 1 is 1.62 bits per heavy atom. The fourth-order valence-electron chi connectivity index (χ4n) is 2.00. The van der Waals surface area contributed by atoms with Crippen LogP contribution < -0.4 is 5.32 Å². The molecular weight excluding hydrogens is 208 g/mol. The van der Waals surface area contributed by atoms with Crippen LogP contribution >= 0.6 is 0 Å². The van der Waals surface area contributed by atoms with E-state index in [4.69, 9.17) is 9.84 Å². The molecule has 16 heavy (non-hydrogen) atoms. The second kappa shape index (κ2) is 5.61. The highest BCUT2D eigenvalue weighted by Gasteiger charge is 2.36. The van der Waals surface area contributed by atoms with E-state index in [1.807, 2.05) is 13.8 Å². The summed E-state index contributed by atoms with van der Waals surface area (Å²) in [6.45, 7) is 5.77. The van der Waals surface area contributed by atoms with Crippen molar-refractivity contribution in [1.29, 1.82) is 0 Å². The van der Waals surface area contributed by atoms with Crippen molar-refractivity contribution in [3.63, 3.8) is 0 Å². The van der Waals surface area contributed by atoms with Crippen LogP contribution in [0, 0.1) is 0 Å². The third-order valence-corrected chi connectivity index (χ3v) is 3.12. The molecule has 1 unspecified atom stereocenters. The second-order valence-corrected chi connectivity index (χ2v) is 4.73. The van der Waals surface area contributed by atoms with Crippen molar-refractivity contribution in [2.24, 2.45) is 0 Å². The summed E-state index contributed by atoms with van der Waals surface area (Å²) in [6.07, 6.45) is 0.874. The molecule has 1 fully saturated rings. The molecule has 1 aliphatic rings. The van der Waals surface area contributed by atoms with Gasteiger partial charge in [-0.05, 0) is 26.8 Å². The van der Waals surface area contributed by atoms with Gasteiger partial charge in [-0.2, -0.15) is 0 Å². The predicted octanol–water partition coefficient (Wildman–Crippen LogP) is -0.406. The summed E-state index contributed by atoms with van der Waals surface area (Å²) < 4.78 is 5.02. The second-order valence-electron chi connectivity index (χ2n) is 4.73. The van der Waals surface area contributed by atoms with Gasteiger partial charge in [0.25, 0.3) is 0 Å². The first-order chi connectivity index (χ1) is 7.53. The standard InChI is InChI=1S/C11H22N2O3/c1-11(2)4-5-12-9(8-14)10(15)13(11)6-7-16-3/h9,12,14H,4-8H2,1-3H3. The van der Waals surface area contributed by atoms with E-state index in [1.165, 1.54) is 0 Å². The van der Waals surface area contributed by atoms with Gasteiger partial charge in [-0.1, -0.05) is 0 Å². The summed E-state index contributed by atoms with van der Waals surface area (Å²) in [7, 11) is 1.62. The summed E-state index contributed by atoms with van der Waals surface area (Å²) in [5, 5.41) is 12.2. The number of aliphatic hydroxyl groups is 1. The van der Waals surface area contributed by atoms with Gasteiger partial charge in [-0.25, -0.2) is 0 Å². The molecule has 1 atom stereocenters. The molecule has 1 amide bonds. The quantitative estimate of drug-likeness (QED) is 0.689. The zero-order valence-electron chi connectivity index (χ0n) is 10.3. The highest BCUT2D eigenvalue weighted by Crippen LogP contribution is 2.21. The first-order valence-corrected chi connectivity index (χ1v) is 5.67. The predicted molar refractivity (Wildman–Crippen MR) is 61.2 cm³/mol. The molecule has 0 bridgehead atoms. The summed E-state index contributed by atoms with van der Waals surface area (Å²) in [4.78, 5) is 13.9. The van der Waals surface area contributed by atoms with E-state index >= 15 is 0 Å². The average molecular weight is 230 g/mol. The van der Waals surface area contributed by atoms with Crippen molar-refractivity contribution in [2.75, 3.05) is 33.4 Å². The molecule has 0 aromatic heterocycles.